The standard InChI is InChI=1S/C15H13ClFNO2/c1-10-2-5-12(6-3-10)20-9-15(19)18-14-7-4-11(17)8-13(14)16/h2-8H,9H2,1H3,(H,18,19). The fraction of sp³-hybridized carbons (Fsp3) is 0.133. The van der Waals surface area contributed by atoms with E-state index in [1.165, 1.54) is 12.1 Å². The molecule has 3 nitrogen and oxygen atoms in total. The van der Waals surface area contributed by atoms with Gasteiger partial charge in [-0.2, -0.15) is 0 Å². The topological polar surface area (TPSA) is 38.3 Å². The van der Waals surface area contributed by atoms with E-state index >= 15 is 0 Å². The molecule has 2 rings (SSSR count). The van der Waals surface area contributed by atoms with Crippen molar-refractivity contribution in [1.82, 2.24) is 0 Å². The molecule has 0 aromatic heterocycles. The first kappa shape index (κ1) is 14.3. The zero-order valence-electron chi connectivity index (χ0n) is 10.8. The number of hydrogen-bond donors (Lipinski definition) is 1. The van der Waals surface area contributed by atoms with Gasteiger partial charge in [-0.25, -0.2) is 4.39 Å². The molecule has 0 spiro atoms. The van der Waals surface area contributed by atoms with E-state index in [1.807, 2.05) is 19.1 Å². The molecule has 1 N–H and O–H groups in total. The van der Waals surface area contributed by atoms with Gasteiger partial charge in [-0.1, -0.05) is 29.3 Å². The van der Waals surface area contributed by atoms with Crippen molar-refractivity contribution in [1.29, 1.82) is 0 Å². The number of benzene rings is 2. The van der Waals surface area contributed by atoms with Crippen LogP contribution in [0.3, 0.4) is 0 Å². The fourth-order valence-electron chi connectivity index (χ4n) is 1.56. The number of halogens is 2. The van der Waals surface area contributed by atoms with E-state index in [0.717, 1.165) is 11.6 Å². The van der Waals surface area contributed by atoms with Gasteiger partial charge in [0.1, 0.15) is 11.6 Å². The van der Waals surface area contributed by atoms with E-state index in [9.17, 15) is 9.18 Å². The number of carbonyl (C=O) groups is 1. The predicted molar refractivity (Wildman–Crippen MR) is 76.7 cm³/mol. The second kappa shape index (κ2) is 6.39. The van der Waals surface area contributed by atoms with Gasteiger partial charge in [0, 0.05) is 0 Å². The molecule has 0 heterocycles. The van der Waals surface area contributed by atoms with Gasteiger partial charge in [-0.05, 0) is 37.3 Å². The summed E-state index contributed by atoms with van der Waals surface area (Å²) in [5.41, 5.74) is 1.46. The number of nitrogens with one attached hydrogen (secondary N) is 1. The zero-order chi connectivity index (χ0) is 14.5. The molecule has 0 radical (unpaired) electrons. The molecule has 104 valence electrons. The molecule has 0 saturated heterocycles. The molecule has 0 bridgehead atoms. The van der Waals surface area contributed by atoms with Crippen LogP contribution in [0.25, 0.3) is 0 Å². The van der Waals surface area contributed by atoms with E-state index in [4.69, 9.17) is 16.3 Å². The lowest BCUT2D eigenvalue weighted by atomic mass is 10.2. The number of ether oxygens (including phenoxy) is 1. The summed E-state index contributed by atoms with van der Waals surface area (Å²) in [4.78, 5) is 11.7. The largest absolute Gasteiger partial charge is 0.484 e. The van der Waals surface area contributed by atoms with Gasteiger partial charge in [0.15, 0.2) is 6.61 Å². The molecule has 0 fully saturated rings. The predicted octanol–water partition coefficient (Wildman–Crippen LogP) is 3.81. The summed E-state index contributed by atoms with van der Waals surface area (Å²) in [6.45, 7) is 1.82. The maximum Gasteiger partial charge on any atom is 0.262 e. The SMILES string of the molecule is Cc1ccc(OCC(=O)Nc2ccc(F)cc2Cl)cc1. The molecule has 0 aliphatic rings. The molecular weight excluding hydrogens is 281 g/mol. The third-order valence-electron chi connectivity index (χ3n) is 2.60. The Labute approximate surface area is 121 Å². The summed E-state index contributed by atoms with van der Waals surface area (Å²) in [7, 11) is 0. The van der Waals surface area contributed by atoms with Crippen LogP contribution in [0.4, 0.5) is 10.1 Å². The Kier molecular flexibility index (Phi) is 4.58. The van der Waals surface area contributed by atoms with Crippen LogP contribution in [-0.2, 0) is 4.79 Å². The van der Waals surface area contributed by atoms with Crippen LogP contribution in [0.5, 0.6) is 5.75 Å². The quantitative estimate of drug-likeness (QED) is 0.931. The monoisotopic (exact) mass is 293 g/mol. The molecule has 0 aliphatic carbocycles. The molecule has 5 heteroatoms. The van der Waals surface area contributed by atoms with E-state index in [1.54, 1.807) is 12.1 Å². The Hall–Kier alpha value is -2.07. The summed E-state index contributed by atoms with van der Waals surface area (Å²) >= 11 is 5.81. The number of hydrogen-bond acceptors (Lipinski definition) is 2. The Morgan fingerprint density at radius 3 is 2.60 bits per heavy atom. The lowest BCUT2D eigenvalue weighted by Gasteiger charge is -2.09. The average Bonchev–Trinajstić information content (AvgIpc) is 2.41. The van der Waals surface area contributed by atoms with Crippen molar-refractivity contribution >= 4 is 23.2 Å². The van der Waals surface area contributed by atoms with Crippen molar-refractivity contribution in [2.45, 2.75) is 6.92 Å². The summed E-state index contributed by atoms with van der Waals surface area (Å²) in [6.07, 6.45) is 0. The van der Waals surface area contributed by atoms with E-state index in [0.29, 0.717) is 11.4 Å². The third-order valence-corrected chi connectivity index (χ3v) is 2.91. The van der Waals surface area contributed by atoms with E-state index < -0.39 is 5.82 Å². The van der Waals surface area contributed by atoms with E-state index in [-0.39, 0.29) is 17.5 Å². The molecule has 0 unspecified atom stereocenters. The highest BCUT2D eigenvalue weighted by molar-refractivity contribution is 6.33. The van der Waals surface area contributed by atoms with Crippen LogP contribution in [0.15, 0.2) is 42.5 Å². The van der Waals surface area contributed by atoms with Crippen molar-refractivity contribution in [3.05, 3.63) is 58.9 Å². The Morgan fingerprint density at radius 1 is 1.25 bits per heavy atom. The molecule has 0 atom stereocenters. The van der Waals surface area contributed by atoms with Gasteiger partial charge in [0.2, 0.25) is 0 Å². The van der Waals surface area contributed by atoms with Crippen molar-refractivity contribution in [2.24, 2.45) is 0 Å². The van der Waals surface area contributed by atoms with Crippen LogP contribution in [-0.4, -0.2) is 12.5 Å². The van der Waals surface area contributed by atoms with Crippen LogP contribution in [0.2, 0.25) is 5.02 Å². The van der Waals surface area contributed by atoms with Crippen molar-refractivity contribution in [3.63, 3.8) is 0 Å². The highest BCUT2D eigenvalue weighted by Crippen LogP contribution is 2.22. The average molecular weight is 294 g/mol. The highest BCUT2D eigenvalue weighted by atomic mass is 35.5. The minimum atomic E-state index is -0.455. The molecular formula is C15H13ClFNO2. The van der Waals surface area contributed by atoms with Gasteiger partial charge in [0.05, 0.1) is 10.7 Å². The summed E-state index contributed by atoms with van der Waals surface area (Å²) in [6, 6.07) is 11.1. The van der Waals surface area contributed by atoms with Gasteiger partial charge >= 0.3 is 0 Å². The number of anilines is 1. The Balaban J connectivity index is 1.90. The first-order valence-electron chi connectivity index (χ1n) is 5.99. The van der Waals surface area contributed by atoms with Crippen LogP contribution in [0.1, 0.15) is 5.56 Å². The molecule has 0 aliphatic heterocycles. The molecule has 0 saturated carbocycles. The Morgan fingerprint density at radius 2 is 1.95 bits per heavy atom. The zero-order valence-corrected chi connectivity index (χ0v) is 11.6. The van der Waals surface area contributed by atoms with E-state index in [2.05, 4.69) is 5.32 Å². The highest BCUT2D eigenvalue weighted by Gasteiger charge is 2.07. The van der Waals surface area contributed by atoms with Gasteiger partial charge in [-0.3, -0.25) is 4.79 Å². The second-order valence-electron chi connectivity index (χ2n) is 4.27. The summed E-state index contributed by atoms with van der Waals surface area (Å²) in [5, 5.41) is 2.70. The number of rotatable bonds is 4. The summed E-state index contributed by atoms with van der Waals surface area (Å²) < 4.78 is 18.2. The van der Waals surface area contributed by atoms with Gasteiger partial charge < -0.3 is 10.1 Å². The Bertz CT molecular complexity index is 614. The van der Waals surface area contributed by atoms with Gasteiger partial charge in [0.25, 0.3) is 5.91 Å². The van der Waals surface area contributed by atoms with Crippen molar-refractivity contribution < 1.29 is 13.9 Å². The minimum absolute atomic E-state index is 0.142. The smallest absolute Gasteiger partial charge is 0.262 e. The van der Waals surface area contributed by atoms with Gasteiger partial charge in [-0.15, -0.1) is 0 Å². The molecule has 2 aromatic rings. The summed E-state index contributed by atoms with van der Waals surface area (Å²) in [5.74, 6) is -0.209. The molecule has 1 amide bonds. The van der Waals surface area contributed by atoms with Crippen molar-refractivity contribution in [2.75, 3.05) is 11.9 Å². The number of amides is 1. The molecule has 20 heavy (non-hydrogen) atoms. The maximum atomic E-state index is 12.9. The van der Waals surface area contributed by atoms with Crippen molar-refractivity contribution in [3.8, 4) is 5.75 Å². The number of carbonyl (C=O) groups excluding carboxylic acids is 1. The normalized spacial score (nSPS) is 10.2. The number of aryl methyl sites for hydroxylation is 1. The maximum absolute atomic E-state index is 12.9. The minimum Gasteiger partial charge on any atom is -0.484 e. The second-order valence-corrected chi connectivity index (χ2v) is 4.68. The lowest BCUT2D eigenvalue weighted by molar-refractivity contribution is -0.118. The fourth-order valence-corrected chi connectivity index (χ4v) is 1.77. The van der Waals surface area contributed by atoms with Crippen LogP contribution >= 0.6 is 11.6 Å². The first-order valence-corrected chi connectivity index (χ1v) is 6.37. The first-order chi connectivity index (χ1) is 9.54. The van der Waals surface area contributed by atoms with Crippen LogP contribution < -0.4 is 10.1 Å². The molecule has 2 aromatic carbocycles. The van der Waals surface area contributed by atoms with Crippen LogP contribution in [0, 0.1) is 12.7 Å². The lowest BCUT2D eigenvalue weighted by Crippen LogP contribution is -2.20. The third kappa shape index (κ3) is 3.96.